The lowest BCUT2D eigenvalue weighted by atomic mass is 9.72. The summed E-state index contributed by atoms with van der Waals surface area (Å²) in [7, 11) is 0. The summed E-state index contributed by atoms with van der Waals surface area (Å²) in [5.41, 5.74) is 2.33. The van der Waals surface area contributed by atoms with Gasteiger partial charge in [-0.25, -0.2) is 0 Å². The Morgan fingerprint density at radius 1 is 1.31 bits per heavy atom. The number of aliphatic hydroxyl groups excluding tert-OH is 2. The molecule has 0 spiro atoms. The van der Waals surface area contributed by atoms with Crippen LogP contribution in [-0.2, 0) is 0 Å². The topological polar surface area (TPSA) is 40.5 Å². The Labute approximate surface area is 97.7 Å². The van der Waals surface area contributed by atoms with E-state index < -0.39 is 0 Å². The van der Waals surface area contributed by atoms with Crippen molar-refractivity contribution >= 4 is 0 Å². The summed E-state index contributed by atoms with van der Waals surface area (Å²) in [6, 6.07) is 0. The van der Waals surface area contributed by atoms with Gasteiger partial charge in [-0.2, -0.15) is 0 Å². The molecule has 0 fully saturated rings. The van der Waals surface area contributed by atoms with E-state index in [1.807, 2.05) is 0 Å². The maximum atomic E-state index is 10.1. The molecular formula is C14H22O2. The van der Waals surface area contributed by atoms with Gasteiger partial charge in [0.15, 0.2) is 0 Å². The molecular weight excluding hydrogens is 200 g/mol. The van der Waals surface area contributed by atoms with Crippen LogP contribution in [0.3, 0.4) is 0 Å². The number of hydrogen-bond acceptors (Lipinski definition) is 2. The van der Waals surface area contributed by atoms with E-state index in [0.717, 1.165) is 37.7 Å². The van der Waals surface area contributed by atoms with Crippen LogP contribution in [0, 0.1) is 11.8 Å². The van der Waals surface area contributed by atoms with Gasteiger partial charge in [0.25, 0.3) is 0 Å². The second-order valence-corrected chi connectivity index (χ2v) is 5.27. The summed E-state index contributed by atoms with van der Waals surface area (Å²) < 4.78 is 0. The van der Waals surface area contributed by atoms with Gasteiger partial charge >= 0.3 is 0 Å². The van der Waals surface area contributed by atoms with Gasteiger partial charge < -0.3 is 10.2 Å². The highest BCUT2D eigenvalue weighted by molar-refractivity contribution is 5.29. The van der Waals surface area contributed by atoms with Crippen LogP contribution in [0.2, 0.25) is 0 Å². The molecule has 0 heterocycles. The van der Waals surface area contributed by atoms with E-state index in [4.69, 9.17) is 0 Å². The highest BCUT2D eigenvalue weighted by Gasteiger charge is 2.33. The third-order valence-electron chi connectivity index (χ3n) is 4.05. The molecule has 2 unspecified atom stereocenters. The minimum Gasteiger partial charge on any atom is -0.512 e. The Hall–Kier alpha value is -0.760. The fraction of sp³-hybridized carbons (Fsp3) is 0.714. The van der Waals surface area contributed by atoms with Gasteiger partial charge in [-0.3, -0.25) is 0 Å². The van der Waals surface area contributed by atoms with Crippen LogP contribution < -0.4 is 0 Å². The summed E-state index contributed by atoms with van der Waals surface area (Å²) in [5.74, 6) is 1.02. The molecule has 0 saturated carbocycles. The maximum absolute atomic E-state index is 10.1. The monoisotopic (exact) mass is 222 g/mol. The average Bonchev–Trinajstić information content (AvgIpc) is 2.21. The number of hydrogen-bond donors (Lipinski definition) is 2. The second kappa shape index (κ2) is 4.62. The Balaban J connectivity index is 2.34. The molecule has 0 aliphatic heterocycles. The first kappa shape index (κ1) is 11.7. The first-order valence-corrected chi connectivity index (χ1v) is 6.38. The van der Waals surface area contributed by atoms with Crippen molar-refractivity contribution in [1.29, 1.82) is 0 Å². The molecule has 2 aliphatic carbocycles. The highest BCUT2D eigenvalue weighted by atomic mass is 16.3. The molecule has 2 heteroatoms. The smallest absolute Gasteiger partial charge is 0.0924 e. The van der Waals surface area contributed by atoms with Crippen LogP contribution in [0.15, 0.2) is 23.0 Å². The van der Waals surface area contributed by atoms with Crippen LogP contribution in [0.4, 0.5) is 0 Å². The molecule has 0 amide bonds. The summed E-state index contributed by atoms with van der Waals surface area (Å²) in [6.45, 7) is 4.24. The summed E-state index contributed by atoms with van der Waals surface area (Å²) in [4.78, 5) is 0. The molecule has 90 valence electrons. The molecule has 0 aromatic carbocycles. The Bertz CT molecular complexity index is 328. The van der Waals surface area contributed by atoms with Crippen molar-refractivity contribution in [1.82, 2.24) is 0 Å². The molecule has 2 N–H and O–H groups in total. The maximum Gasteiger partial charge on any atom is 0.0924 e. The van der Waals surface area contributed by atoms with E-state index in [1.165, 1.54) is 5.57 Å². The largest absolute Gasteiger partial charge is 0.512 e. The van der Waals surface area contributed by atoms with Crippen molar-refractivity contribution < 1.29 is 10.2 Å². The van der Waals surface area contributed by atoms with Crippen LogP contribution in [0.1, 0.15) is 46.0 Å². The lowest BCUT2D eigenvalue weighted by molar-refractivity contribution is 0.115. The first-order valence-electron chi connectivity index (χ1n) is 6.38. The third kappa shape index (κ3) is 2.03. The number of allylic oxidation sites excluding steroid dienone is 2. The quantitative estimate of drug-likeness (QED) is 0.668. The van der Waals surface area contributed by atoms with Gasteiger partial charge in [-0.05, 0) is 44.1 Å². The van der Waals surface area contributed by atoms with Crippen molar-refractivity contribution in [3.05, 3.63) is 23.0 Å². The van der Waals surface area contributed by atoms with E-state index >= 15 is 0 Å². The fourth-order valence-corrected chi connectivity index (χ4v) is 3.18. The average molecular weight is 222 g/mol. The first-order chi connectivity index (χ1) is 7.61. The third-order valence-corrected chi connectivity index (χ3v) is 4.05. The molecule has 16 heavy (non-hydrogen) atoms. The van der Waals surface area contributed by atoms with Crippen LogP contribution in [0.25, 0.3) is 0 Å². The second-order valence-electron chi connectivity index (χ2n) is 5.27. The Morgan fingerprint density at radius 3 is 2.69 bits per heavy atom. The van der Waals surface area contributed by atoms with Crippen molar-refractivity contribution in [2.75, 3.05) is 0 Å². The molecule has 0 radical (unpaired) electrons. The van der Waals surface area contributed by atoms with Gasteiger partial charge in [0, 0.05) is 12.3 Å². The van der Waals surface area contributed by atoms with E-state index in [-0.39, 0.29) is 12.0 Å². The van der Waals surface area contributed by atoms with Crippen molar-refractivity contribution in [3.8, 4) is 0 Å². The van der Waals surface area contributed by atoms with Crippen LogP contribution >= 0.6 is 0 Å². The van der Waals surface area contributed by atoms with E-state index in [2.05, 4.69) is 19.9 Å². The highest BCUT2D eigenvalue weighted by Crippen LogP contribution is 2.40. The molecule has 0 aromatic rings. The van der Waals surface area contributed by atoms with Gasteiger partial charge in [-0.1, -0.05) is 18.6 Å². The normalized spacial score (nSPS) is 36.2. The minimum absolute atomic E-state index is 0.0732. The molecule has 0 bridgehead atoms. The molecule has 2 aliphatic rings. The SMILES string of the molecule is CC1=CCCC(O)[C@@H]1C1=C(O)CCCC1C. The molecule has 0 aromatic heterocycles. The Kier molecular flexibility index (Phi) is 3.38. The zero-order valence-electron chi connectivity index (χ0n) is 10.2. The lowest BCUT2D eigenvalue weighted by Crippen LogP contribution is -2.30. The van der Waals surface area contributed by atoms with Gasteiger partial charge in [0.1, 0.15) is 0 Å². The Morgan fingerprint density at radius 2 is 2.06 bits per heavy atom. The van der Waals surface area contributed by atoms with Crippen molar-refractivity contribution in [3.63, 3.8) is 0 Å². The molecule has 3 atom stereocenters. The fourth-order valence-electron chi connectivity index (χ4n) is 3.18. The summed E-state index contributed by atoms with van der Waals surface area (Å²) >= 11 is 0. The standard InChI is InChI=1S/C14H22O2/c1-9-5-3-7-11(15)13(9)14-10(2)6-4-8-12(14)16/h5,10-11,13,15-16H,3-4,6-8H2,1-2H3/t10?,11?,13-/m1/s1. The van der Waals surface area contributed by atoms with Crippen molar-refractivity contribution in [2.24, 2.45) is 11.8 Å². The minimum atomic E-state index is -0.303. The van der Waals surface area contributed by atoms with Crippen LogP contribution in [-0.4, -0.2) is 16.3 Å². The summed E-state index contributed by atoms with van der Waals surface area (Å²) in [6.07, 6.45) is 6.69. The predicted molar refractivity (Wildman–Crippen MR) is 65.2 cm³/mol. The predicted octanol–water partition coefficient (Wildman–Crippen LogP) is 3.34. The van der Waals surface area contributed by atoms with Crippen molar-refractivity contribution in [2.45, 2.75) is 52.1 Å². The van der Waals surface area contributed by atoms with Gasteiger partial charge in [-0.15, -0.1) is 0 Å². The van der Waals surface area contributed by atoms with E-state index in [9.17, 15) is 10.2 Å². The van der Waals surface area contributed by atoms with E-state index in [1.54, 1.807) is 0 Å². The van der Waals surface area contributed by atoms with E-state index in [0.29, 0.717) is 11.7 Å². The van der Waals surface area contributed by atoms with Gasteiger partial charge in [0.2, 0.25) is 0 Å². The summed E-state index contributed by atoms with van der Waals surface area (Å²) in [5, 5.41) is 20.2. The molecule has 2 nitrogen and oxygen atoms in total. The lowest BCUT2D eigenvalue weighted by Gasteiger charge is -2.35. The number of aliphatic hydroxyl groups is 2. The van der Waals surface area contributed by atoms with Gasteiger partial charge in [0.05, 0.1) is 11.9 Å². The molecule has 0 saturated heterocycles. The van der Waals surface area contributed by atoms with Crippen LogP contribution in [0.5, 0.6) is 0 Å². The zero-order chi connectivity index (χ0) is 11.7. The zero-order valence-corrected chi connectivity index (χ0v) is 10.2. The molecule has 2 rings (SSSR count). The number of rotatable bonds is 1.